The van der Waals surface area contributed by atoms with Gasteiger partial charge in [-0.05, 0) is 25.5 Å². The monoisotopic (exact) mass is 368 g/mol. The quantitative estimate of drug-likeness (QED) is 0.572. The van der Waals surface area contributed by atoms with Crippen molar-refractivity contribution < 1.29 is 4.74 Å². The van der Waals surface area contributed by atoms with E-state index in [1.165, 1.54) is 5.56 Å². The maximum absolute atomic E-state index is 5.81. The summed E-state index contributed by atoms with van der Waals surface area (Å²) in [4.78, 5) is 0. The van der Waals surface area contributed by atoms with Crippen LogP contribution in [0.15, 0.2) is 28.7 Å². The van der Waals surface area contributed by atoms with Crippen LogP contribution in [-0.2, 0) is 11.3 Å². The summed E-state index contributed by atoms with van der Waals surface area (Å²) in [5, 5.41) is 0. The van der Waals surface area contributed by atoms with Gasteiger partial charge in [0.15, 0.2) is 0 Å². The van der Waals surface area contributed by atoms with E-state index in [0.717, 1.165) is 8.90 Å². The second-order valence-corrected chi connectivity index (χ2v) is 5.39. The zero-order chi connectivity index (χ0) is 10.6. The predicted molar refractivity (Wildman–Crippen MR) is 71.9 cm³/mol. The fourth-order valence-corrected chi connectivity index (χ4v) is 1.55. The summed E-state index contributed by atoms with van der Waals surface area (Å²) in [5.74, 6) is 0. The molecule has 0 atom stereocenters. The van der Waals surface area contributed by atoms with Crippen molar-refractivity contribution in [2.75, 3.05) is 4.43 Å². The summed E-state index contributed by atoms with van der Waals surface area (Å²) in [7, 11) is 0. The van der Waals surface area contributed by atoms with E-state index >= 15 is 0 Å². The van der Waals surface area contributed by atoms with E-state index in [1.807, 2.05) is 18.2 Å². The van der Waals surface area contributed by atoms with Crippen LogP contribution in [0.1, 0.15) is 19.4 Å². The van der Waals surface area contributed by atoms with Crippen LogP contribution in [0.25, 0.3) is 0 Å². The highest BCUT2D eigenvalue weighted by atomic mass is 127. The highest BCUT2D eigenvalue weighted by molar-refractivity contribution is 14.1. The first kappa shape index (κ1) is 12.5. The normalized spacial score (nSPS) is 11.7. The maximum atomic E-state index is 5.81. The van der Waals surface area contributed by atoms with Crippen molar-refractivity contribution in [1.82, 2.24) is 0 Å². The molecule has 0 aliphatic rings. The Morgan fingerprint density at radius 2 is 2.00 bits per heavy atom. The van der Waals surface area contributed by atoms with E-state index in [9.17, 15) is 0 Å². The highest BCUT2D eigenvalue weighted by Gasteiger charge is 2.16. The standard InChI is InChI=1S/C11H14BrIO/c1-11(2,8-13)14-7-9-5-3-4-6-10(9)12/h3-6H,7-8H2,1-2H3. The topological polar surface area (TPSA) is 9.23 Å². The zero-order valence-electron chi connectivity index (χ0n) is 8.39. The molecule has 0 unspecified atom stereocenters. The molecule has 0 spiro atoms. The molecule has 78 valence electrons. The molecule has 1 aromatic rings. The summed E-state index contributed by atoms with van der Waals surface area (Å²) in [6.07, 6.45) is 0. The second kappa shape index (κ2) is 5.47. The van der Waals surface area contributed by atoms with Crippen LogP contribution in [0.2, 0.25) is 0 Å². The lowest BCUT2D eigenvalue weighted by Crippen LogP contribution is -2.25. The first-order valence-corrected chi connectivity index (χ1v) is 6.80. The van der Waals surface area contributed by atoms with Crippen molar-refractivity contribution >= 4 is 38.5 Å². The van der Waals surface area contributed by atoms with Crippen LogP contribution in [0.3, 0.4) is 0 Å². The molecule has 0 saturated carbocycles. The molecule has 1 rings (SSSR count). The van der Waals surface area contributed by atoms with E-state index < -0.39 is 0 Å². The van der Waals surface area contributed by atoms with Gasteiger partial charge in [-0.15, -0.1) is 0 Å². The van der Waals surface area contributed by atoms with Gasteiger partial charge in [0.2, 0.25) is 0 Å². The third-order valence-corrected chi connectivity index (χ3v) is 4.51. The molecule has 1 nitrogen and oxygen atoms in total. The number of hydrogen-bond donors (Lipinski definition) is 0. The smallest absolute Gasteiger partial charge is 0.0735 e. The van der Waals surface area contributed by atoms with Gasteiger partial charge in [-0.1, -0.05) is 56.7 Å². The van der Waals surface area contributed by atoms with Crippen LogP contribution >= 0.6 is 38.5 Å². The van der Waals surface area contributed by atoms with Crippen molar-refractivity contribution in [2.24, 2.45) is 0 Å². The number of hydrogen-bond acceptors (Lipinski definition) is 1. The van der Waals surface area contributed by atoms with Gasteiger partial charge < -0.3 is 4.74 Å². The average Bonchev–Trinajstić information content (AvgIpc) is 2.17. The molecule has 0 aliphatic heterocycles. The Balaban J connectivity index is 2.58. The molecule has 0 bridgehead atoms. The lowest BCUT2D eigenvalue weighted by Gasteiger charge is -2.22. The average molecular weight is 369 g/mol. The molecule has 0 heterocycles. The molecule has 0 radical (unpaired) electrons. The van der Waals surface area contributed by atoms with Crippen molar-refractivity contribution in [3.63, 3.8) is 0 Å². The largest absolute Gasteiger partial charge is 0.370 e. The second-order valence-electron chi connectivity index (χ2n) is 3.77. The van der Waals surface area contributed by atoms with Gasteiger partial charge in [-0.2, -0.15) is 0 Å². The summed E-state index contributed by atoms with van der Waals surface area (Å²) in [6.45, 7) is 4.88. The van der Waals surface area contributed by atoms with Crippen molar-refractivity contribution in [1.29, 1.82) is 0 Å². The Kier molecular flexibility index (Phi) is 4.87. The minimum atomic E-state index is -0.0458. The summed E-state index contributed by atoms with van der Waals surface area (Å²) in [6, 6.07) is 8.15. The van der Waals surface area contributed by atoms with Crippen LogP contribution < -0.4 is 0 Å². The van der Waals surface area contributed by atoms with Crippen molar-refractivity contribution in [3.05, 3.63) is 34.3 Å². The predicted octanol–water partition coefficient (Wildman–Crippen LogP) is 4.18. The SMILES string of the molecule is CC(C)(CI)OCc1ccccc1Br. The van der Waals surface area contributed by atoms with Gasteiger partial charge in [0, 0.05) is 8.90 Å². The van der Waals surface area contributed by atoms with E-state index in [-0.39, 0.29) is 5.60 Å². The Bertz CT molecular complexity index is 299. The lowest BCUT2D eigenvalue weighted by molar-refractivity contribution is -0.00932. The highest BCUT2D eigenvalue weighted by Crippen LogP contribution is 2.20. The molecular weight excluding hydrogens is 355 g/mol. The fraction of sp³-hybridized carbons (Fsp3) is 0.455. The molecule has 0 aliphatic carbocycles. The molecule has 14 heavy (non-hydrogen) atoms. The number of rotatable bonds is 4. The van der Waals surface area contributed by atoms with Crippen LogP contribution in [-0.4, -0.2) is 10.0 Å². The summed E-state index contributed by atoms with van der Waals surface area (Å²) in [5.41, 5.74) is 1.15. The molecule has 1 aromatic carbocycles. The van der Waals surface area contributed by atoms with Crippen LogP contribution in [0.5, 0.6) is 0 Å². The third-order valence-electron chi connectivity index (χ3n) is 1.90. The molecule has 0 fully saturated rings. The van der Waals surface area contributed by atoms with E-state index in [2.05, 4.69) is 58.4 Å². The molecule has 0 saturated heterocycles. The summed E-state index contributed by atoms with van der Waals surface area (Å²) < 4.78 is 7.92. The van der Waals surface area contributed by atoms with Crippen molar-refractivity contribution in [2.45, 2.75) is 26.1 Å². The molecule has 0 N–H and O–H groups in total. The minimum absolute atomic E-state index is 0.0458. The van der Waals surface area contributed by atoms with Crippen LogP contribution in [0, 0.1) is 0 Å². The molecule has 0 aromatic heterocycles. The van der Waals surface area contributed by atoms with Gasteiger partial charge in [0.1, 0.15) is 0 Å². The number of alkyl halides is 1. The Hall–Kier alpha value is 0.390. The number of benzene rings is 1. The van der Waals surface area contributed by atoms with Gasteiger partial charge >= 0.3 is 0 Å². The van der Waals surface area contributed by atoms with Gasteiger partial charge in [0.25, 0.3) is 0 Å². The van der Waals surface area contributed by atoms with E-state index in [0.29, 0.717) is 6.61 Å². The Morgan fingerprint density at radius 3 is 2.57 bits per heavy atom. The number of ether oxygens (including phenoxy) is 1. The fourth-order valence-electron chi connectivity index (χ4n) is 0.927. The Labute approximate surface area is 107 Å². The first-order valence-electron chi connectivity index (χ1n) is 4.48. The lowest BCUT2D eigenvalue weighted by atomic mass is 10.2. The van der Waals surface area contributed by atoms with E-state index in [1.54, 1.807) is 0 Å². The maximum Gasteiger partial charge on any atom is 0.0735 e. The third kappa shape index (κ3) is 3.87. The van der Waals surface area contributed by atoms with E-state index in [4.69, 9.17) is 4.74 Å². The van der Waals surface area contributed by atoms with Gasteiger partial charge in [-0.25, -0.2) is 0 Å². The minimum Gasteiger partial charge on any atom is -0.370 e. The van der Waals surface area contributed by atoms with Gasteiger partial charge in [0.05, 0.1) is 12.2 Å². The molecular formula is C11H14BrIO. The zero-order valence-corrected chi connectivity index (χ0v) is 12.1. The Morgan fingerprint density at radius 1 is 1.36 bits per heavy atom. The van der Waals surface area contributed by atoms with Crippen molar-refractivity contribution in [3.8, 4) is 0 Å². The summed E-state index contributed by atoms with van der Waals surface area (Å²) >= 11 is 5.85. The van der Waals surface area contributed by atoms with Gasteiger partial charge in [-0.3, -0.25) is 0 Å². The molecule has 3 heteroatoms. The number of halogens is 2. The molecule has 0 amide bonds. The first-order chi connectivity index (χ1) is 6.55. The van der Waals surface area contributed by atoms with Crippen LogP contribution in [0.4, 0.5) is 0 Å².